The number of phenols is 1. The number of ether oxygens (including phenoxy) is 1. The molecular formula is C31H31ClN2O11. The van der Waals surface area contributed by atoms with Gasteiger partial charge in [-0.05, 0) is 62.1 Å². The summed E-state index contributed by atoms with van der Waals surface area (Å²) in [6.45, 7) is 5.29. The summed E-state index contributed by atoms with van der Waals surface area (Å²) in [5, 5.41) is 56.1. The van der Waals surface area contributed by atoms with Crippen molar-refractivity contribution >= 4 is 35.4 Å². The molecule has 2 bridgehead atoms. The Balaban J connectivity index is 0.000000311. The van der Waals surface area contributed by atoms with Crippen LogP contribution in [0.2, 0.25) is 5.02 Å². The zero-order valence-corrected chi connectivity index (χ0v) is 24.6. The van der Waals surface area contributed by atoms with E-state index in [-0.39, 0.29) is 23.6 Å². The standard InChI is InChI=1S/C27H25ClN2O5.C4H6O6/c1-2-10-29-11-9-26-21-14-3-6-19(31)22(21)35-23(26)18(7-8-27(26,34)20(29)12-14)30-24(32)16-5-4-15(28)13-17(16)25(30)33;5-1(3(7)8)2(6)4(9)10/h2-6,13,18,20,23,31,34H,1,7-12H2;1-2,5-6H,(H,7,8)(H,9,10)/t18-,20-,23+,26+,27?;/m1./s1. The second-order valence-electron chi connectivity index (χ2n) is 12.0. The monoisotopic (exact) mass is 642 g/mol. The molecule has 7 atom stereocenters. The van der Waals surface area contributed by atoms with E-state index in [1.54, 1.807) is 18.2 Å². The number of carboxylic acids is 2. The molecule has 1 spiro atoms. The van der Waals surface area contributed by atoms with Gasteiger partial charge in [0.15, 0.2) is 23.7 Å². The minimum absolute atomic E-state index is 0.0229. The number of hydrogen-bond donors (Lipinski definition) is 6. The number of hydrogen-bond acceptors (Lipinski definition) is 10. The molecule has 1 saturated carbocycles. The van der Waals surface area contributed by atoms with Gasteiger partial charge in [0.1, 0.15) is 6.10 Å². The van der Waals surface area contributed by atoms with Gasteiger partial charge in [-0.2, -0.15) is 0 Å². The van der Waals surface area contributed by atoms with Crippen LogP contribution in [0.1, 0.15) is 51.1 Å². The molecule has 2 aromatic rings. The fraction of sp³-hybridized carbons (Fsp3) is 0.419. The first-order chi connectivity index (χ1) is 21.3. The highest BCUT2D eigenvalue weighted by molar-refractivity contribution is 6.32. The molecule has 14 heteroatoms. The largest absolute Gasteiger partial charge is 0.504 e. The number of aliphatic hydroxyl groups is 3. The zero-order chi connectivity index (χ0) is 32.6. The summed E-state index contributed by atoms with van der Waals surface area (Å²) in [5.41, 5.74) is 0.569. The average molecular weight is 643 g/mol. The fourth-order valence-corrected chi connectivity index (χ4v) is 8.23. The molecule has 2 aromatic carbocycles. The number of benzene rings is 2. The summed E-state index contributed by atoms with van der Waals surface area (Å²) in [6, 6.07) is 7.57. The van der Waals surface area contributed by atoms with Crippen molar-refractivity contribution in [2.45, 2.75) is 67.1 Å². The van der Waals surface area contributed by atoms with Gasteiger partial charge < -0.3 is 35.4 Å². The summed E-state index contributed by atoms with van der Waals surface area (Å²) in [7, 11) is 0. The van der Waals surface area contributed by atoms with Crippen LogP contribution in [-0.4, -0.2) is 113 Å². The fourth-order valence-electron chi connectivity index (χ4n) is 8.06. The van der Waals surface area contributed by atoms with E-state index in [1.807, 2.05) is 12.1 Å². The Labute approximate surface area is 261 Å². The average Bonchev–Trinajstić information content (AvgIpc) is 3.47. The van der Waals surface area contributed by atoms with Crippen molar-refractivity contribution < 1.29 is 54.6 Å². The first-order valence-corrected chi connectivity index (χ1v) is 14.7. The molecule has 6 N–H and O–H groups in total. The van der Waals surface area contributed by atoms with Gasteiger partial charge >= 0.3 is 11.9 Å². The number of rotatable bonds is 6. The van der Waals surface area contributed by atoms with Crippen molar-refractivity contribution in [2.24, 2.45) is 0 Å². The Kier molecular flexibility index (Phi) is 7.45. The van der Waals surface area contributed by atoms with Crippen LogP contribution in [0.3, 0.4) is 0 Å². The molecule has 5 aliphatic rings. The highest BCUT2D eigenvalue weighted by Gasteiger charge is 2.74. The molecule has 2 aliphatic carbocycles. The topological polar surface area (TPSA) is 205 Å². The molecule has 3 aliphatic heterocycles. The van der Waals surface area contributed by atoms with Crippen LogP contribution in [0.5, 0.6) is 11.5 Å². The van der Waals surface area contributed by atoms with Crippen LogP contribution < -0.4 is 4.74 Å². The van der Waals surface area contributed by atoms with Crippen LogP contribution in [0.4, 0.5) is 0 Å². The van der Waals surface area contributed by atoms with Crippen LogP contribution in [-0.2, 0) is 21.4 Å². The summed E-state index contributed by atoms with van der Waals surface area (Å²) < 4.78 is 6.49. The Morgan fingerprint density at radius 2 is 1.73 bits per heavy atom. The third-order valence-corrected chi connectivity index (χ3v) is 10.2. The number of halogens is 1. The van der Waals surface area contributed by atoms with Crippen molar-refractivity contribution in [1.82, 2.24) is 9.80 Å². The lowest BCUT2D eigenvalue weighted by Crippen LogP contribution is -2.78. The number of carbonyl (C=O) groups is 4. The number of aliphatic hydroxyl groups excluding tert-OH is 2. The molecule has 0 radical (unpaired) electrons. The third kappa shape index (κ3) is 4.29. The van der Waals surface area contributed by atoms with Crippen LogP contribution in [0.25, 0.3) is 0 Å². The molecule has 7 rings (SSSR count). The SMILES string of the molecule is C=CCN1CC[C@]23c4c5ccc(O)c4O[C@H]2[C@H](N2C(=O)c4ccc(Cl)cc4C2=O)CCC3(O)[C@H]1C5.O=C(O)C(O)C(O)C(=O)O. The minimum atomic E-state index is -2.27. The lowest BCUT2D eigenvalue weighted by atomic mass is 9.48. The Bertz CT molecular complexity index is 1630. The highest BCUT2D eigenvalue weighted by atomic mass is 35.5. The third-order valence-electron chi connectivity index (χ3n) is 9.92. The number of piperidine rings is 1. The molecule has 3 heterocycles. The minimum Gasteiger partial charge on any atom is -0.504 e. The van der Waals surface area contributed by atoms with E-state index < -0.39 is 47.3 Å². The maximum absolute atomic E-state index is 13.5. The lowest BCUT2D eigenvalue weighted by Gasteiger charge is -2.64. The normalized spacial score (nSPS) is 30.3. The quantitative estimate of drug-likeness (QED) is 0.192. The molecule has 2 amide bonds. The number of amides is 2. The van der Waals surface area contributed by atoms with Crippen molar-refractivity contribution in [3.63, 3.8) is 0 Å². The summed E-state index contributed by atoms with van der Waals surface area (Å²) in [6.07, 6.45) is -1.28. The predicted octanol–water partition coefficient (Wildman–Crippen LogP) is 0.928. The van der Waals surface area contributed by atoms with Crippen molar-refractivity contribution in [1.29, 1.82) is 0 Å². The summed E-state index contributed by atoms with van der Waals surface area (Å²) in [5.74, 6) is -3.89. The van der Waals surface area contributed by atoms with E-state index >= 15 is 0 Å². The lowest BCUT2D eigenvalue weighted by molar-refractivity contribution is -0.194. The molecule has 1 saturated heterocycles. The van der Waals surface area contributed by atoms with Gasteiger partial charge in [-0.1, -0.05) is 23.7 Å². The van der Waals surface area contributed by atoms with Gasteiger partial charge in [-0.3, -0.25) is 19.4 Å². The van der Waals surface area contributed by atoms with Crippen LogP contribution in [0, 0.1) is 0 Å². The number of aliphatic carboxylic acids is 2. The van der Waals surface area contributed by atoms with Crippen LogP contribution in [0.15, 0.2) is 43.0 Å². The van der Waals surface area contributed by atoms with Gasteiger partial charge in [-0.15, -0.1) is 6.58 Å². The summed E-state index contributed by atoms with van der Waals surface area (Å²) in [4.78, 5) is 50.1. The molecular weight excluding hydrogens is 612 g/mol. The predicted molar refractivity (Wildman–Crippen MR) is 155 cm³/mol. The first-order valence-electron chi connectivity index (χ1n) is 14.4. The molecule has 45 heavy (non-hydrogen) atoms. The van der Waals surface area contributed by atoms with E-state index in [1.165, 1.54) is 11.0 Å². The second-order valence-corrected chi connectivity index (χ2v) is 12.4. The zero-order valence-electron chi connectivity index (χ0n) is 23.8. The first kappa shape index (κ1) is 31.0. The number of phenolic OH excluding ortho intramolecular Hbond substituents is 1. The van der Waals surface area contributed by atoms with Gasteiger partial charge in [0, 0.05) is 23.2 Å². The Hall–Kier alpha value is -4.01. The Morgan fingerprint density at radius 3 is 2.38 bits per heavy atom. The second kappa shape index (κ2) is 10.8. The maximum atomic E-state index is 13.5. The molecule has 13 nitrogen and oxygen atoms in total. The van der Waals surface area contributed by atoms with Crippen LogP contribution >= 0.6 is 11.6 Å². The molecule has 238 valence electrons. The summed E-state index contributed by atoms with van der Waals surface area (Å²) >= 11 is 6.13. The number of aromatic hydroxyl groups is 1. The highest BCUT2D eigenvalue weighted by Crippen LogP contribution is 2.66. The number of nitrogens with zero attached hydrogens (tertiary/aromatic N) is 2. The van der Waals surface area contributed by atoms with Gasteiger partial charge in [0.05, 0.1) is 28.2 Å². The number of fused-ring (bicyclic) bond motifs is 1. The van der Waals surface area contributed by atoms with Crippen molar-refractivity contribution in [3.8, 4) is 11.5 Å². The number of carbonyl (C=O) groups excluding carboxylic acids is 2. The molecule has 3 unspecified atom stereocenters. The van der Waals surface area contributed by atoms with E-state index in [2.05, 4.69) is 11.5 Å². The van der Waals surface area contributed by atoms with E-state index in [0.717, 1.165) is 17.7 Å². The van der Waals surface area contributed by atoms with E-state index in [9.17, 15) is 29.4 Å². The van der Waals surface area contributed by atoms with Gasteiger partial charge in [-0.25, -0.2) is 9.59 Å². The number of carboxylic acid groups (broad SMARTS) is 2. The maximum Gasteiger partial charge on any atom is 0.335 e. The molecule has 0 aromatic heterocycles. The smallest absolute Gasteiger partial charge is 0.335 e. The van der Waals surface area contributed by atoms with Crippen molar-refractivity contribution in [3.05, 3.63) is 70.3 Å². The van der Waals surface area contributed by atoms with E-state index in [0.29, 0.717) is 54.1 Å². The van der Waals surface area contributed by atoms with Crippen molar-refractivity contribution in [2.75, 3.05) is 13.1 Å². The van der Waals surface area contributed by atoms with Gasteiger partial charge in [0.2, 0.25) is 0 Å². The molecule has 2 fully saturated rings. The number of likely N-dealkylation sites (tertiary alicyclic amines) is 1. The Morgan fingerprint density at radius 1 is 1.07 bits per heavy atom. The van der Waals surface area contributed by atoms with E-state index in [4.69, 9.17) is 36.8 Å². The number of imide groups is 1. The van der Waals surface area contributed by atoms with Gasteiger partial charge in [0.25, 0.3) is 11.8 Å².